The minimum absolute atomic E-state index is 0.125. The van der Waals surface area contributed by atoms with Crippen LogP contribution in [0.1, 0.15) is 25.3 Å². The second-order valence-electron chi connectivity index (χ2n) is 6.70. The maximum absolute atomic E-state index is 12.9. The lowest BCUT2D eigenvalue weighted by Crippen LogP contribution is -2.14. The highest BCUT2D eigenvalue weighted by atomic mass is 32.2. The lowest BCUT2D eigenvalue weighted by molar-refractivity contribution is 0.297. The number of nitrogens with one attached hydrogen (secondary N) is 1. The molecule has 0 fully saturated rings. The summed E-state index contributed by atoms with van der Waals surface area (Å²) in [6, 6.07) is 19.2. The number of sulfonamides is 1. The number of aromatic nitrogens is 1. The molecule has 0 saturated heterocycles. The van der Waals surface area contributed by atoms with Crippen molar-refractivity contribution in [3.05, 3.63) is 66.2 Å². The Labute approximate surface area is 187 Å². The van der Waals surface area contributed by atoms with E-state index in [2.05, 4.69) is 15.8 Å². The molecule has 0 spiro atoms. The summed E-state index contributed by atoms with van der Waals surface area (Å²) in [4.78, 5) is 5.74. The van der Waals surface area contributed by atoms with E-state index in [1.165, 1.54) is 18.2 Å². The molecular formula is C23H23N3O3S2. The molecule has 0 radical (unpaired) electrons. The number of pyridine rings is 1. The van der Waals surface area contributed by atoms with Gasteiger partial charge in [-0.1, -0.05) is 43.7 Å². The molecule has 3 aromatic rings. The lowest BCUT2D eigenvalue weighted by Gasteiger charge is -2.15. The topological polar surface area (TPSA) is 92.1 Å². The maximum Gasteiger partial charge on any atom is 0.261 e. The van der Waals surface area contributed by atoms with Crippen molar-refractivity contribution < 1.29 is 13.2 Å². The summed E-state index contributed by atoms with van der Waals surface area (Å²) in [5.41, 5.74) is 1.51. The van der Waals surface area contributed by atoms with Crippen molar-refractivity contribution in [2.24, 2.45) is 0 Å². The highest BCUT2D eigenvalue weighted by Crippen LogP contribution is 2.33. The van der Waals surface area contributed by atoms with Crippen LogP contribution in [0, 0.1) is 11.3 Å². The number of ether oxygens (including phenoxy) is 1. The molecule has 31 heavy (non-hydrogen) atoms. The Kier molecular flexibility index (Phi) is 7.55. The van der Waals surface area contributed by atoms with E-state index in [-0.39, 0.29) is 22.0 Å². The van der Waals surface area contributed by atoms with Crippen LogP contribution in [-0.4, -0.2) is 26.3 Å². The number of benzene rings is 2. The molecule has 8 heteroatoms. The van der Waals surface area contributed by atoms with Crippen LogP contribution in [0.4, 0.5) is 5.69 Å². The van der Waals surface area contributed by atoms with Crippen molar-refractivity contribution in [3.8, 4) is 23.2 Å². The zero-order valence-electron chi connectivity index (χ0n) is 17.3. The van der Waals surface area contributed by atoms with E-state index >= 15 is 0 Å². The van der Waals surface area contributed by atoms with Crippen molar-refractivity contribution in [1.82, 2.24) is 4.98 Å². The van der Waals surface area contributed by atoms with Crippen LogP contribution in [-0.2, 0) is 10.0 Å². The van der Waals surface area contributed by atoms with E-state index in [1.807, 2.05) is 37.4 Å². The number of rotatable bonds is 9. The average Bonchev–Trinajstić information content (AvgIpc) is 2.80. The maximum atomic E-state index is 12.9. The second kappa shape index (κ2) is 10.3. The van der Waals surface area contributed by atoms with Gasteiger partial charge in [-0.3, -0.25) is 4.72 Å². The highest BCUT2D eigenvalue weighted by Gasteiger charge is 2.20. The molecule has 0 aliphatic rings. The number of hydrogen-bond acceptors (Lipinski definition) is 6. The van der Waals surface area contributed by atoms with Gasteiger partial charge in [0, 0.05) is 10.5 Å². The van der Waals surface area contributed by atoms with E-state index in [1.54, 1.807) is 30.0 Å². The number of hydrogen-bond donors (Lipinski definition) is 1. The number of anilines is 1. The zero-order valence-corrected chi connectivity index (χ0v) is 19.0. The van der Waals surface area contributed by atoms with Crippen molar-refractivity contribution in [1.29, 1.82) is 5.26 Å². The van der Waals surface area contributed by atoms with Crippen LogP contribution in [0.3, 0.4) is 0 Å². The number of thioether (sulfide) groups is 1. The molecule has 2 aromatic carbocycles. The Morgan fingerprint density at radius 1 is 1.13 bits per heavy atom. The second-order valence-corrected chi connectivity index (χ2v) is 9.26. The van der Waals surface area contributed by atoms with Gasteiger partial charge in [-0.15, -0.1) is 11.8 Å². The molecule has 1 aromatic heterocycles. The molecule has 6 nitrogen and oxygen atoms in total. The van der Waals surface area contributed by atoms with Crippen molar-refractivity contribution >= 4 is 27.5 Å². The Morgan fingerprint density at radius 2 is 1.84 bits per heavy atom. The molecule has 160 valence electrons. The minimum Gasteiger partial charge on any atom is -0.477 e. The van der Waals surface area contributed by atoms with E-state index in [0.29, 0.717) is 17.9 Å². The third-order valence-corrected chi connectivity index (χ3v) is 6.63. The summed E-state index contributed by atoms with van der Waals surface area (Å²) in [6.07, 6.45) is 3.75. The van der Waals surface area contributed by atoms with Gasteiger partial charge >= 0.3 is 0 Å². The summed E-state index contributed by atoms with van der Waals surface area (Å²) in [7, 11) is -3.86. The number of nitriles is 1. The zero-order chi connectivity index (χ0) is 22.3. The first kappa shape index (κ1) is 22.7. The first-order chi connectivity index (χ1) is 15.0. The summed E-state index contributed by atoms with van der Waals surface area (Å²) >= 11 is 1.61. The van der Waals surface area contributed by atoms with Gasteiger partial charge in [-0.25, -0.2) is 13.4 Å². The van der Waals surface area contributed by atoms with Crippen LogP contribution in [0.5, 0.6) is 5.88 Å². The first-order valence-electron chi connectivity index (χ1n) is 9.78. The molecular weight excluding hydrogens is 430 g/mol. The third-order valence-electron chi connectivity index (χ3n) is 4.51. The van der Waals surface area contributed by atoms with Crippen LogP contribution in [0.15, 0.2) is 70.5 Å². The fraction of sp³-hybridized carbons (Fsp3) is 0.217. The fourth-order valence-electron chi connectivity index (χ4n) is 2.85. The van der Waals surface area contributed by atoms with Gasteiger partial charge in [0.15, 0.2) is 0 Å². The summed E-state index contributed by atoms with van der Waals surface area (Å²) < 4.78 is 34.2. The minimum atomic E-state index is -3.86. The van der Waals surface area contributed by atoms with Crippen LogP contribution >= 0.6 is 11.8 Å². The van der Waals surface area contributed by atoms with E-state index in [4.69, 9.17) is 4.74 Å². The molecule has 1 heterocycles. The average molecular weight is 454 g/mol. The molecule has 0 unspecified atom stereocenters. The van der Waals surface area contributed by atoms with Gasteiger partial charge in [-0.05, 0) is 43.0 Å². The van der Waals surface area contributed by atoms with Gasteiger partial charge in [0.25, 0.3) is 10.0 Å². The van der Waals surface area contributed by atoms with Gasteiger partial charge in [0.1, 0.15) is 11.6 Å². The smallest absolute Gasteiger partial charge is 0.261 e. The Morgan fingerprint density at radius 3 is 2.45 bits per heavy atom. The van der Waals surface area contributed by atoms with Gasteiger partial charge < -0.3 is 4.74 Å². The van der Waals surface area contributed by atoms with Crippen molar-refractivity contribution in [2.45, 2.75) is 29.6 Å². The van der Waals surface area contributed by atoms with Crippen LogP contribution < -0.4 is 9.46 Å². The van der Waals surface area contributed by atoms with Gasteiger partial charge in [0.2, 0.25) is 5.88 Å². The summed E-state index contributed by atoms with van der Waals surface area (Å²) in [6.45, 7) is 2.47. The summed E-state index contributed by atoms with van der Waals surface area (Å²) in [5, 5.41) is 9.59. The fourth-order valence-corrected chi connectivity index (χ4v) is 4.34. The molecule has 0 bridgehead atoms. The Hall–Kier alpha value is -3.02. The van der Waals surface area contributed by atoms with E-state index in [9.17, 15) is 13.7 Å². The van der Waals surface area contributed by atoms with Crippen LogP contribution in [0.2, 0.25) is 0 Å². The standard InChI is InChI=1S/C23H23N3O3S2/c1-3-4-14-29-23-18(16-24)15-21(26-31(27,28)20-8-6-5-7-9-20)22(25-23)17-10-12-19(30-2)13-11-17/h5-13,15,26H,3-4,14H2,1-2H3. The molecule has 0 aliphatic carbocycles. The molecule has 1 N–H and O–H groups in total. The normalized spacial score (nSPS) is 11.0. The lowest BCUT2D eigenvalue weighted by atomic mass is 10.1. The van der Waals surface area contributed by atoms with E-state index < -0.39 is 10.0 Å². The summed E-state index contributed by atoms with van der Waals surface area (Å²) in [5.74, 6) is 0.197. The molecule has 0 aliphatic heterocycles. The predicted molar refractivity (Wildman–Crippen MR) is 124 cm³/mol. The SMILES string of the molecule is CCCCOc1nc(-c2ccc(SC)cc2)c(NS(=O)(=O)c2ccccc2)cc1C#N. The molecule has 0 atom stereocenters. The number of nitrogens with zero attached hydrogens (tertiary/aromatic N) is 2. The van der Waals surface area contributed by atoms with Crippen molar-refractivity contribution in [2.75, 3.05) is 17.6 Å². The third kappa shape index (κ3) is 5.57. The van der Waals surface area contributed by atoms with E-state index in [0.717, 1.165) is 17.7 Å². The first-order valence-corrected chi connectivity index (χ1v) is 12.5. The number of unbranched alkanes of at least 4 members (excludes halogenated alkanes) is 1. The molecule has 3 rings (SSSR count). The Balaban J connectivity index is 2.10. The monoisotopic (exact) mass is 453 g/mol. The highest BCUT2D eigenvalue weighted by molar-refractivity contribution is 7.98. The largest absolute Gasteiger partial charge is 0.477 e. The Bertz CT molecular complexity index is 1170. The van der Waals surface area contributed by atoms with Crippen molar-refractivity contribution in [3.63, 3.8) is 0 Å². The molecule has 0 saturated carbocycles. The molecule has 0 amide bonds. The van der Waals surface area contributed by atoms with Crippen LogP contribution in [0.25, 0.3) is 11.3 Å². The van der Waals surface area contributed by atoms with Gasteiger partial charge in [-0.2, -0.15) is 5.26 Å². The van der Waals surface area contributed by atoms with Gasteiger partial charge in [0.05, 0.1) is 22.9 Å². The quantitative estimate of drug-likeness (QED) is 0.348. The predicted octanol–water partition coefficient (Wildman–Crippen LogP) is 5.32.